The second kappa shape index (κ2) is 3.23. The van der Waals surface area contributed by atoms with E-state index in [1.165, 1.54) is 12.8 Å². The van der Waals surface area contributed by atoms with Gasteiger partial charge in [0.25, 0.3) is 0 Å². The van der Waals surface area contributed by atoms with Crippen molar-refractivity contribution < 1.29 is 9.90 Å². The summed E-state index contributed by atoms with van der Waals surface area (Å²) >= 11 is 0. The van der Waals surface area contributed by atoms with Gasteiger partial charge in [-0.15, -0.1) is 0 Å². The predicted octanol–water partition coefficient (Wildman–Crippen LogP) is 1.02. The van der Waals surface area contributed by atoms with Crippen molar-refractivity contribution in [3.8, 4) is 0 Å². The smallest absolute Gasteiger partial charge is 0.223 e. The van der Waals surface area contributed by atoms with Crippen LogP contribution in [0.3, 0.4) is 0 Å². The molecule has 2 fully saturated rings. The molecule has 1 heterocycles. The quantitative estimate of drug-likeness (QED) is 0.733. The molecule has 1 unspecified atom stereocenters. The molecule has 14 heavy (non-hydrogen) atoms. The first-order valence-corrected chi connectivity index (χ1v) is 5.47. The summed E-state index contributed by atoms with van der Waals surface area (Å²) in [6.45, 7) is 5.20. The van der Waals surface area contributed by atoms with Gasteiger partial charge in [-0.1, -0.05) is 0 Å². The van der Waals surface area contributed by atoms with E-state index >= 15 is 0 Å². The number of aliphatic hydroxyl groups is 1. The fourth-order valence-corrected chi connectivity index (χ4v) is 2.47. The SMILES string of the molecule is CC(C)(C1CC1)N1CC(CO)CC1=O. The maximum absolute atomic E-state index is 11.7. The van der Waals surface area contributed by atoms with Gasteiger partial charge in [0.15, 0.2) is 0 Å². The summed E-state index contributed by atoms with van der Waals surface area (Å²) in [6.07, 6.45) is 3.04. The molecule has 0 aromatic heterocycles. The Balaban J connectivity index is 2.07. The van der Waals surface area contributed by atoms with Gasteiger partial charge in [0, 0.05) is 31.0 Å². The second-order valence-electron chi connectivity index (χ2n) is 5.19. The summed E-state index contributed by atoms with van der Waals surface area (Å²) in [5.74, 6) is 1.07. The van der Waals surface area contributed by atoms with Gasteiger partial charge in [0.2, 0.25) is 5.91 Å². The molecule has 1 amide bonds. The number of hydrogen-bond acceptors (Lipinski definition) is 2. The van der Waals surface area contributed by atoms with Gasteiger partial charge in [0.05, 0.1) is 0 Å². The lowest BCUT2D eigenvalue weighted by Crippen LogP contribution is -2.46. The maximum atomic E-state index is 11.7. The van der Waals surface area contributed by atoms with Crippen LogP contribution in [0.5, 0.6) is 0 Å². The molecule has 1 aliphatic carbocycles. The van der Waals surface area contributed by atoms with Crippen LogP contribution in [0.1, 0.15) is 33.1 Å². The van der Waals surface area contributed by atoms with E-state index in [-0.39, 0.29) is 24.0 Å². The molecular weight excluding hydrogens is 178 g/mol. The van der Waals surface area contributed by atoms with Crippen molar-refractivity contribution in [2.75, 3.05) is 13.2 Å². The molecule has 0 spiro atoms. The topological polar surface area (TPSA) is 40.5 Å². The fourth-order valence-electron chi connectivity index (χ4n) is 2.47. The van der Waals surface area contributed by atoms with Gasteiger partial charge in [0.1, 0.15) is 0 Å². The Morgan fingerprint density at radius 2 is 2.14 bits per heavy atom. The zero-order valence-electron chi connectivity index (χ0n) is 8.99. The van der Waals surface area contributed by atoms with Crippen molar-refractivity contribution in [3.05, 3.63) is 0 Å². The molecule has 1 atom stereocenters. The molecule has 0 aromatic carbocycles. The molecule has 2 aliphatic rings. The fraction of sp³-hybridized carbons (Fsp3) is 0.909. The Labute approximate surface area is 85.1 Å². The van der Waals surface area contributed by atoms with Crippen LogP contribution >= 0.6 is 0 Å². The Morgan fingerprint density at radius 1 is 1.50 bits per heavy atom. The Kier molecular flexibility index (Phi) is 2.30. The summed E-state index contributed by atoms with van der Waals surface area (Å²) in [7, 11) is 0. The molecule has 3 nitrogen and oxygen atoms in total. The van der Waals surface area contributed by atoms with E-state index < -0.39 is 0 Å². The second-order valence-corrected chi connectivity index (χ2v) is 5.19. The van der Waals surface area contributed by atoms with E-state index in [2.05, 4.69) is 13.8 Å². The predicted molar refractivity (Wildman–Crippen MR) is 53.7 cm³/mol. The normalized spacial score (nSPS) is 28.6. The number of likely N-dealkylation sites (tertiary alicyclic amines) is 1. The van der Waals surface area contributed by atoms with Crippen LogP contribution in [0.15, 0.2) is 0 Å². The zero-order chi connectivity index (χ0) is 10.3. The lowest BCUT2D eigenvalue weighted by atomic mass is 9.96. The van der Waals surface area contributed by atoms with Gasteiger partial charge >= 0.3 is 0 Å². The van der Waals surface area contributed by atoms with Crippen LogP contribution < -0.4 is 0 Å². The highest BCUT2D eigenvalue weighted by atomic mass is 16.3. The van der Waals surface area contributed by atoms with Crippen LogP contribution in [0.25, 0.3) is 0 Å². The number of amides is 1. The Hall–Kier alpha value is -0.570. The number of carbonyl (C=O) groups excluding carboxylic acids is 1. The number of nitrogens with zero attached hydrogens (tertiary/aromatic N) is 1. The third kappa shape index (κ3) is 1.54. The highest BCUT2D eigenvalue weighted by Gasteiger charge is 2.46. The monoisotopic (exact) mass is 197 g/mol. The van der Waals surface area contributed by atoms with Crippen LogP contribution in [-0.4, -0.2) is 34.6 Å². The number of rotatable bonds is 3. The van der Waals surface area contributed by atoms with Crippen molar-refractivity contribution in [1.29, 1.82) is 0 Å². The molecule has 0 radical (unpaired) electrons. The summed E-state index contributed by atoms with van der Waals surface area (Å²) in [4.78, 5) is 13.7. The van der Waals surface area contributed by atoms with E-state index in [0.29, 0.717) is 12.3 Å². The standard InChI is InChI=1S/C11H19NO2/c1-11(2,9-3-4-9)12-6-8(7-13)5-10(12)14/h8-9,13H,3-7H2,1-2H3. The minimum atomic E-state index is 0.0149. The zero-order valence-corrected chi connectivity index (χ0v) is 8.99. The number of aliphatic hydroxyl groups excluding tert-OH is 1. The van der Waals surface area contributed by atoms with E-state index in [9.17, 15) is 4.79 Å². The number of hydrogen-bond donors (Lipinski definition) is 1. The lowest BCUT2D eigenvalue weighted by molar-refractivity contribution is -0.132. The van der Waals surface area contributed by atoms with E-state index in [1.54, 1.807) is 0 Å². The third-order valence-electron chi connectivity index (χ3n) is 3.74. The average Bonchev–Trinajstić information content (AvgIpc) is 2.90. The third-order valence-corrected chi connectivity index (χ3v) is 3.74. The van der Waals surface area contributed by atoms with Crippen molar-refractivity contribution in [2.24, 2.45) is 11.8 Å². The van der Waals surface area contributed by atoms with Crippen molar-refractivity contribution >= 4 is 5.91 Å². The first-order chi connectivity index (χ1) is 6.55. The first kappa shape index (κ1) is 9.97. The summed E-state index contributed by atoms with van der Waals surface area (Å²) in [6, 6.07) is 0. The molecule has 1 aliphatic heterocycles. The Morgan fingerprint density at radius 3 is 2.57 bits per heavy atom. The highest BCUT2D eigenvalue weighted by Crippen LogP contribution is 2.44. The largest absolute Gasteiger partial charge is 0.396 e. The minimum absolute atomic E-state index is 0.0149. The highest BCUT2D eigenvalue weighted by molar-refractivity contribution is 5.79. The number of carbonyl (C=O) groups is 1. The van der Waals surface area contributed by atoms with Gasteiger partial charge in [-0.3, -0.25) is 4.79 Å². The molecule has 1 N–H and O–H groups in total. The van der Waals surface area contributed by atoms with Crippen LogP contribution in [0.4, 0.5) is 0 Å². The van der Waals surface area contributed by atoms with E-state index in [1.807, 2.05) is 4.90 Å². The lowest BCUT2D eigenvalue weighted by Gasteiger charge is -2.36. The average molecular weight is 197 g/mol. The molecular formula is C11H19NO2. The van der Waals surface area contributed by atoms with E-state index in [0.717, 1.165) is 6.54 Å². The molecule has 0 aromatic rings. The molecule has 0 bridgehead atoms. The Bertz CT molecular complexity index is 246. The van der Waals surface area contributed by atoms with Gasteiger partial charge < -0.3 is 10.0 Å². The van der Waals surface area contributed by atoms with Gasteiger partial charge in [-0.25, -0.2) is 0 Å². The van der Waals surface area contributed by atoms with Gasteiger partial charge in [-0.05, 0) is 32.6 Å². The van der Waals surface area contributed by atoms with Crippen LogP contribution in [-0.2, 0) is 4.79 Å². The van der Waals surface area contributed by atoms with Crippen LogP contribution in [0.2, 0.25) is 0 Å². The summed E-state index contributed by atoms with van der Waals surface area (Å²) < 4.78 is 0. The van der Waals surface area contributed by atoms with Crippen molar-refractivity contribution in [2.45, 2.75) is 38.6 Å². The minimum Gasteiger partial charge on any atom is -0.396 e. The van der Waals surface area contributed by atoms with Crippen molar-refractivity contribution in [1.82, 2.24) is 4.90 Å². The maximum Gasteiger partial charge on any atom is 0.223 e. The van der Waals surface area contributed by atoms with Gasteiger partial charge in [-0.2, -0.15) is 0 Å². The summed E-state index contributed by atoms with van der Waals surface area (Å²) in [5.41, 5.74) is 0.0149. The first-order valence-electron chi connectivity index (χ1n) is 5.47. The molecule has 2 rings (SSSR count). The summed E-state index contributed by atoms with van der Waals surface area (Å²) in [5, 5.41) is 9.04. The van der Waals surface area contributed by atoms with Crippen molar-refractivity contribution in [3.63, 3.8) is 0 Å². The van der Waals surface area contributed by atoms with E-state index in [4.69, 9.17) is 5.11 Å². The molecule has 3 heteroatoms. The molecule has 80 valence electrons. The molecule has 1 saturated carbocycles. The van der Waals surface area contributed by atoms with Crippen LogP contribution in [0, 0.1) is 11.8 Å². The molecule has 1 saturated heterocycles.